The van der Waals surface area contributed by atoms with E-state index in [1.54, 1.807) is 0 Å². The van der Waals surface area contributed by atoms with Crippen molar-refractivity contribution in [3.63, 3.8) is 0 Å². The van der Waals surface area contributed by atoms with Crippen molar-refractivity contribution in [2.75, 3.05) is 13.1 Å². The Kier molecular flexibility index (Phi) is 5.11. The van der Waals surface area contributed by atoms with Gasteiger partial charge in [-0.25, -0.2) is 0 Å². The second-order valence-corrected chi connectivity index (χ2v) is 6.29. The van der Waals surface area contributed by atoms with E-state index >= 15 is 0 Å². The van der Waals surface area contributed by atoms with E-state index in [0.717, 1.165) is 11.8 Å². The van der Waals surface area contributed by atoms with E-state index in [-0.39, 0.29) is 0 Å². The van der Waals surface area contributed by atoms with Crippen LogP contribution in [0.5, 0.6) is 0 Å². The van der Waals surface area contributed by atoms with E-state index in [1.807, 2.05) is 0 Å². The Morgan fingerprint density at radius 1 is 1.07 bits per heavy atom. The molecule has 1 N–H and O–H groups in total. The van der Waals surface area contributed by atoms with E-state index in [4.69, 9.17) is 0 Å². The van der Waals surface area contributed by atoms with E-state index in [1.165, 1.54) is 45.2 Å². The summed E-state index contributed by atoms with van der Waals surface area (Å²) in [6.07, 6.45) is 7.04. The average molecular weight is 211 g/mol. The normalized spacial score (nSPS) is 28.0. The van der Waals surface area contributed by atoms with Crippen molar-refractivity contribution < 1.29 is 0 Å². The molecule has 0 unspecified atom stereocenters. The summed E-state index contributed by atoms with van der Waals surface area (Å²) in [6, 6.07) is 0. The SMILES string of the molecule is CCCNCC1CCC(C(C)(C)C)CC1. The summed E-state index contributed by atoms with van der Waals surface area (Å²) in [5, 5.41) is 3.56. The number of hydrogen-bond donors (Lipinski definition) is 1. The maximum Gasteiger partial charge on any atom is -0.00205 e. The van der Waals surface area contributed by atoms with Crippen molar-refractivity contribution in [1.82, 2.24) is 5.32 Å². The predicted octanol–water partition coefficient (Wildman–Crippen LogP) is 3.84. The molecule has 1 fully saturated rings. The van der Waals surface area contributed by atoms with E-state index < -0.39 is 0 Å². The molecule has 90 valence electrons. The lowest BCUT2D eigenvalue weighted by molar-refractivity contribution is 0.149. The molecule has 0 radical (unpaired) electrons. The Labute approximate surface area is 96.0 Å². The van der Waals surface area contributed by atoms with E-state index in [2.05, 4.69) is 33.0 Å². The number of hydrogen-bond acceptors (Lipinski definition) is 1. The molecule has 0 amide bonds. The highest BCUT2D eigenvalue weighted by Crippen LogP contribution is 2.39. The maximum atomic E-state index is 3.56. The van der Waals surface area contributed by atoms with E-state index in [0.29, 0.717) is 5.41 Å². The van der Waals surface area contributed by atoms with Crippen LogP contribution in [0.1, 0.15) is 59.8 Å². The zero-order chi connectivity index (χ0) is 11.3. The second kappa shape index (κ2) is 5.89. The van der Waals surface area contributed by atoms with Crippen LogP contribution in [0.2, 0.25) is 0 Å². The fourth-order valence-electron chi connectivity index (χ4n) is 2.72. The first-order valence-electron chi connectivity index (χ1n) is 6.74. The zero-order valence-corrected chi connectivity index (χ0v) is 11.1. The zero-order valence-electron chi connectivity index (χ0n) is 11.1. The van der Waals surface area contributed by atoms with Crippen molar-refractivity contribution >= 4 is 0 Å². The van der Waals surface area contributed by atoms with Gasteiger partial charge in [-0.05, 0) is 62.4 Å². The Hall–Kier alpha value is -0.0400. The Balaban J connectivity index is 2.18. The third-order valence-corrected chi connectivity index (χ3v) is 3.93. The van der Waals surface area contributed by atoms with Gasteiger partial charge in [0.2, 0.25) is 0 Å². The first-order valence-corrected chi connectivity index (χ1v) is 6.74. The monoisotopic (exact) mass is 211 g/mol. The third-order valence-electron chi connectivity index (χ3n) is 3.93. The van der Waals surface area contributed by atoms with Crippen LogP contribution in [0.3, 0.4) is 0 Å². The lowest BCUT2D eigenvalue weighted by Gasteiger charge is -2.37. The standard InChI is InChI=1S/C14H29N/c1-5-10-15-11-12-6-8-13(9-7-12)14(2,3)4/h12-13,15H,5-11H2,1-4H3. The highest BCUT2D eigenvalue weighted by molar-refractivity contribution is 4.81. The van der Waals surface area contributed by atoms with Gasteiger partial charge in [0, 0.05) is 0 Å². The Bertz CT molecular complexity index is 161. The minimum atomic E-state index is 0.530. The third kappa shape index (κ3) is 4.55. The quantitative estimate of drug-likeness (QED) is 0.697. The van der Waals surface area contributed by atoms with Crippen molar-refractivity contribution in [3.8, 4) is 0 Å². The van der Waals surface area contributed by atoms with E-state index in [9.17, 15) is 0 Å². The molecule has 1 saturated carbocycles. The molecular weight excluding hydrogens is 182 g/mol. The predicted molar refractivity (Wildman–Crippen MR) is 68.1 cm³/mol. The molecule has 0 spiro atoms. The molecule has 0 aromatic rings. The highest BCUT2D eigenvalue weighted by atomic mass is 14.8. The lowest BCUT2D eigenvalue weighted by atomic mass is 9.70. The molecule has 1 heteroatoms. The van der Waals surface area contributed by atoms with Crippen LogP contribution in [0.4, 0.5) is 0 Å². The Morgan fingerprint density at radius 3 is 2.13 bits per heavy atom. The van der Waals surface area contributed by atoms with Crippen LogP contribution in [0, 0.1) is 17.3 Å². The molecule has 0 aromatic carbocycles. The lowest BCUT2D eigenvalue weighted by Crippen LogP contribution is -2.30. The fourth-order valence-corrected chi connectivity index (χ4v) is 2.72. The van der Waals surface area contributed by atoms with Crippen molar-refractivity contribution in [2.24, 2.45) is 17.3 Å². The van der Waals surface area contributed by atoms with Gasteiger partial charge in [-0.1, -0.05) is 27.7 Å². The Morgan fingerprint density at radius 2 is 1.67 bits per heavy atom. The molecule has 1 aliphatic carbocycles. The van der Waals surface area contributed by atoms with Crippen LogP contribution in [0.15, 0.2) is 0 Å². The molecule has 0 aliphatic heterocycles. The average Bonchev–Trinajstić information content (AvgIpc) is 2.18. The summed E-state index contributed by atoms with van der Waals surface area (Å²) in [5.74, 6) is 1.91. The molecule has 1 nitrogen and oxygen atoms in total. The second-order valence-electron chi connectivity index (χ2n) is 6.29. The summed E-state index contributed by atoms with van der Waals surface area (Å²) in [6.45, 7) is 11.9. The van der Waals surface area contributed by atoms with Crippen molar-refractivity contribution in [3.05, 3.63) is 0 Å². The van der Waals surface area contributed by atoms with Crippen molar-refractivity contribution in [2.45, 2.75) is 59.8 Å². The molecule has 0 atom stereocenters. The van der Waals surface area contributed by atoms with Crippen molar-refractivity contribution in [1.29, 1.82) is 0 Å². The summed E-state index contributed by atoms with van der Waals surface area (Å²) in [4.78, 5) is 0. The van der Waals surface area contributed by atoms with Crippen LogP contribution in [-0.2, 0) is 0 Å². The maximum absolute atomic E-state index is 3.56. The van der Waals surface area contributed by atoms with Crippen LogP contribution in [0.25, 0.3) is 0 Å². The summed E-state index contributed by atoms with van der Waals surface area (Å²) < 4.78 is 0. The summed E-state index contributed by atoms with van der Waals surface area (Å²) >= 11 is 0. The summed E-state index contributed by atoms with van der Waals surface area (Å²) in [7, 11) is 0. The molecule has 0 heterocycles. The smallest absolute Gasteiger partial charge is 0.00205 e. The molecule has 0 bridgehead atoms. The number of rotatable bonds is 4. The van der Waals surface area contributed by atoms with Gasteiger partial charge in [-0.3, -0.25) is 0 Å². The molecule has 1 aliphatic rings. The first-order chi connectivity index (χ1) is 7.04. The van der Waals surface area contributed by atoms with Crippen LogP contribution >= 0.6 is 0 Å². The topological polar surface area (TPSA) is 12.0 Å². The summed E-state index contributed by atoms with van der Waals surface area (Å²) in [5.41, 5.74) is 0.530. The van der Waals surface area contributed by atoms with Gasteiger partial charge in [0.05, 0.1) is 0 Å². The minimum absolute atomic E-state index is 0.530. The first kappa shape index (κ1) is 13.0. The largest absolute Gasteiger partial charge is 0.316 e. The van der Waals surface area contributed by atoms with Gasteiger partial charge < -0.3 is 5.32 Å². The molecular formula is C14H29N. The van der Waals surface area contributed by atoms with Gasteiger partial charge >= 0.3 is 0 Å². The number of nitrogens with one attached hydrogen (secondary N) is 1. The van der Waals surface area contributed by atoms with Crippen LogP contribution < -0.4 is 5.32 Å². The fraction of sp³-hybridized carbons (Fsp3) is 1.00. The molecule has 15 heavy (non-hydrogen) atoms. The van der Waals surface area contributed by atoms with Gasteiger partial charge in [0.15, 0.2) is 0 Å². The minimum Gasteiger partial charge on any atom is -0.316 e. The van der Waals surface area contributed by atoms with Gasteiger partial charge in [-0.15, -0.1) is 0 Å². The molecule has 0 aromatic heterocycles. The highest BCUT2D eigenvalue weighted by Gasteiger charge is 2.29. The van der Waals surface area contributed by atoms with Crippen LogP contribution in [-0.4, -0.2) is 13.1 Å². The molecule has 1 rings (SSSR count). The van der Waals surface area contributed by atoms with Gasteiger partial charge in [0.25, 0.3) is 0 Å². The van der Waals surface area contributed by atoms with Gasteiger partial charge in [-0.2, -0.15) is 0 Å². The van der Waals surface area contributed by atoms with Gasteiger partial charge in [0.1, 0.15) is 0 Å². The molecule has 0 saturated heterocycles.